The number of carbonyl (C=O) groups is 2. The van der Waals surface area contributed by atoms with Crippen molar-refractivity contribution in [3.05, 3.63) is 35.9 Å². The van der Waals surface area contributed by atoms with E-state index in [1.54, 1.807) is 0 Å². The van der Waals surface area contributed by atoms with E-state index >= 15 is 0 Å². The van der Waals surface area contributed by atoms with Crippen LogP contribution in [-0.2, 0) is 16.1 Å². The van der Waals surface area contributed by atoms with Crippen molar-refractivity contribution in [3.63, 3.8) is 0 Å². The van der Waals surface area contributed by atoms with Crippen molar-refractivity contribution in [1.29, 1.82) is 0 Å². The van der Waals surface area contributed by atoms with Crippen molar-refractivity contribution < 1.29 is 14.7 Å². The molecule has 1 aliphatic carbocycles. The predicted molar refractivity (Wildman–Crippen MR) is 86.7 cm³/mol. The Labute approximate surface area is 136 Å². The summed E-state index contributed by atoms with van der Waals surface area (Å²) < 4.78 is 0. The molecule has 5 heteroatoms. The Kier molecular flexibility index (Phi) is 4.15. The second-order valence-electron chi connectivity index (χ2n) is 7.20. The molecule has 2 atom stereocenters. The van der Waals surface area contributed by atoms with Crippen molar-refractivity contribution in [2.24, 2.45) is 17.3 Å². The van der Waals surface area contributed by atoms with E-state index in [2.05, 4.69) is 17.0 Å². The average molecular weight is 316 g/mol. The lowest BCUT2D eigenvalue weighted by Crippen LogP contribution is -2.49. The predicted octanol–water partition coefficient (Wildman–Crippen LogP) is 1.69. The number of hydrogen-bond donors (Lipinski definition) is 1. The Balaban J connectivity index is 1.53. The zero-order chi connectivity index (χ0) is 16.6. The molecule has 0 bridgehead atoms. The number of carbonyl (C=O) groups excluding carboxylic acids is 1. The number of rotatable bonds is 4. The van der Waals surface area contributed by atoms with Gasteiger partial charge in [-0.05, 0) is 11.0 Å². The molecule has 2 unspecified atom stereocenters. The van der Waals surface area contributed by atoms with Crippen LogP contribution >= 0.6 is 0 Å². The maximum Gasteiger partial charge on any atom is 0.307 e. The van der Waals surface area contributed by atoms with Crippen molar-refractivity contribution in [1.82, 2.24) is 9.80 Å². The van der Waals surface area contributed by atoms with Gasteiger partial charge in [-0.25, -0.2) is 0 Å². The van der Waals surface area contributed by atoms with Gasteiger partial charge in [-0.15, -0.1) is 0 Å². The van der Waals surface area contributed by atoms with Crippen LogP contribution in [0.4, 0.5) is 0 Å². The van der Waals surface area contributed by atoms with Crippen LogP contribution in [0.25, 0.3) is 0 Å². The van der Waals surface area contributed by atoms with E-state index < -0.39 is 17.3 Å². The van der Waals surface area contributed by atoms with E-state index in [1.807, 2.05) is 36.9 Å². The normalized spacial score (nSPS) is 26.8. The molecule has 0 aromatic heterocycles. The largest absolute Gasteiger partial charge is 0.481 e. The van der Waals surface area contributed by atoms with Crippen molar-refractivity contribution >= 4 is 11.9 Å². The standard InChI is InChI=1S/C18H24N2O3/c1-18(2)14(15(18)17(22)23)16(21)20-10-8-19(9-11-20)12-13-6-4-3-5-7-13/h3-7,14-15H,8-12H2,1-2H3,(H,22,23). The molecule has 1 saturated carbocycles. The summed E-state index contributed by atoms with van der Waals surface area (Å²) >= 11 is 0. The molecule has 1 aliphatic heterocycles. The Bertz CT molecular complexity index is 592. The van der Waals surface area contributed by atoms with Gasteiger partial charge in [-0.3, -0.25) is 14.5 Å². The zero-order valence-electron chi connectivity index (χ0n) is 13.7. The SMILES string of the molecule is CC1(C)C(C(=O)O)C1C(=O)N1CCN(Cc2ccccc2)CC1. The van der Waals surface area contributed by atoms with Gasteiger partial charge in [-0.2, -0.15) is 0 Å². The smallest absolute Gasteiger partial charge is 0.307 e. The summed E-state index contributed by atoms with van der Waals surface area (Å²) in [5.41, 5.74) is 0.867. The maximum absolute atomic E-state index is 12.6. The molecule has 124 valence electrons. The molecule has 2 fully saturated rings. The highest BCUT2D eigenvalue weighted by Gasteiger charge is 2.66. The van der Waals surface area contributed by atoms with E-state index in [0.29, 0.717) is 13.1 Å². The molecule has 2 aliphatic rings. The van der Waals surface area contributed by atoms with Crippen LogP contribution in [0, 0.1) is 17.3 Å². The van der Waals surface area contributed by atoms with Crippen molar-refractivity contribution in [2.45, 2.75) is 20.4 Å². The number of hydrogen-bond acceptors (Lipinski definition) is 3. The third-order valence-electron chi connectivity index (χ3n) is 5.29. The fourth-order valence-electron chi connectivity index (χ4n) is 3.72. The van der Waals surface area contributed by atoms with Crippen LogP contribution in [0.15, 0.2) is 30.3 Å². The molecule has 23 heavy (non-hydrogen) atoms. The molecule has 1 N–H and O–H groups in total. The van der Waals surface area contributed by atoms with Crippen LogP contribution < -0.4 is 0 Å². The average Bonchev–Trinajstić information content (AvgIpc) is 3.11. The fraction of sp³-hybridized carbons (Fsp3) is 0.556. The minimum absolute atomic E-state index is 0.0155. The highest BCUT2D eigenvalue weighted by Crippen LogP contribution is 2.59. The van der Waals surface area contributed by atoms with Crippen LogP contribution in [0.5, 0.6) is 0 Å². The molecule has 0 spiro atoms. The topological polar surface area (TPSA) is 60.9 Å². The molecule has 1 heterocycles. The number of carboxylic acids is 1. The zero-order valence-corrected chi connectivity index (χ0v) is 13.7. The van der Waals surface area contributed by atoms with Gasteiger partial charge in [0.05, 0.1) is 11.8 Å². The lowest BCUT2D eigenvalue weighted by Gasteiger charge is -2.35. The molecular formula is C18H24N2O3. The summed E-state index contributed by atoms with van der Waals surface area (Å²) in [4.78, 5) is 28.0. The Morgan fingerprint density at radius 3 is 2.22 bits per heavy atom. The highest BCUT2D eigenvalue weighted by molar-refractivity contribution is 5.91. The number of piperazine rings is 1. The lowest BCUT2D eigenvalue weighted by atomic mass is 10.1. The summed E-state index contributed by atoms with van der Waals surface area (Å²) in [6, 6.07) is 10.3. The van der Waals surface area contributed by atoms with E-state index in [-0.39, 0.29) is 11.8 Å². The van der Waals surface area contributed by atoms with Gasteiger partial charge in [0.15, 0.2) is 0 Å². The van der Waals surface area contributed by atoms with Gasteiger partial charge in [-0.1, -0.05) is 44.2 Å². The molecule has 1 amide bonds. The van der Waals surface area contributed by atoms with Crippen molar-refractivity contribution in [2.75, 3.05) is 26.2 Å². The summed E-state index contributed by atoms with van der Waals surface area (Å²) in [6.45, 7) is 7.70. The Hall–Kier alpha value is -1.88. The van der Waals surface area contributed by atoms with Crippen molar-refractivity contribution in [3.8, 4) is 0 Å². The molecule has 5 nitrogen and oxygen atoms in total. The van der Waals surface area contributed by atoms with Gasteiger partial charge in [0.2, 0.25) is 5.91 Å². The van der Waals surface area contributed by atoms with E-state index in [0.717, 1.165) is 19.6 Å². The van der Waals surface area contributed by atoms with Crippen LogP contribution in [0.2, 0.25) is 0 Å². The molecule has 1 saturated heterocycles. The van der Waals surface area contributed by atoms with Crippen LogP contribution in [0.3, 0.4) is 0 Å². The third kappa shape index (κ3) is 3.11. The minimum Gasteiger partial charge on any atom is -0.481 e. The number of nitrogens with zero attached hydrogens (tertiary/aromatic N) is 2. The van der Waals surface area contributed by atoms with Gasteiger partial charge >= 0.3 is 5.97 Å². The molecule has 0 radical (unpaired) electrons. The van der Waals surface area contributed by atoms with E-state index in [4.69, 9.17) is 0 Å². The van der Waals surface area contributed by atoms with E-state index in [1.165, 1.54) is 5.56 Å². The number of carboxylic acid groups (broad SMARTS) is 1. The monoisotopic (exact) mass is 316 g/mol. The fourth-order valence-corrected chi connectivity index (χ4v) is 3.72. The van der Waals surface area contributed by atoms with Crippen LogP contribution in [-0.4, -0.2) is 53.0 Å². The lowest BCUT2D eigenvalue weighted by molar-refractivity contribution is -0.142. The van der Waals surface area contributed by atoms with Gasteiger partial charge in [0, 0.05) is 32.7 Å². The summed E-state index contributed by atoms with van der Waals surface area (Å²) in [6.07, 6.45) is 0. The summed E-state index contributed by atoms with van der Waals surface area (Å²) in [7, 11) is 0. The first kappa shape index (κ1) is 16.0. The van der Waals surface area contributed by atoms with Gasteiger partial charge in [0.25, 0.3) is 0 Å². The number of amides is 1. The summed E-state index contributed by atoms with van der Waals surface area (Å²) in [5, 5.41) is 9.23. The quantitative estimate of drug-likeness (QED) is 0.918. The van der Waals surface area contributed by atoms with Gasteiger partial charge in [0.1, 0.15) is 0 Å². The first-order valence-electron chi connectivity index (χ1n) is 8.19. The third-order valence-corrected chi connectivity index (χ3v) is 5.29. The second kappa shape index (κ2) is 5.96. The minimum atomic E-state index is -0.851. The maximum atomic E-state index is 12.6. The Morgan fingerprint density at radius 1 is 1.09 bits per heavy atom. The second-order valence-corrected chi connectivity index (χ2v) is 7.20. The number of benzene rings is 1. The number of aliphatic carboxylic acids is 1. The first-order chi connectivity index (χ1) is 10.9. The molecular weight excluding hydrogens is 292 g/mol. The van der Waals surface area contributed by atoms with E-state index in [9.17, 15) is 14.7 Å². The molecule has 3 rings (SSSR count). The first-order valence-corrected chi connectivity index (χ1v) is 8.19. The summed E-state index contributed by atoms with van der Waals surface area (Å²) in [5.74, 6) is -1.73. The molecule has 1 aromatic rings. The Morgan fingerprint density at radius 2 is 1.70 bits per heavy atom. The van der Waals surface area contributed by atoms with Crippen LogP contribution in [0.1, 0.15) is 19.4 Å². The van der Waals surface area contributed by atoms with Gasteiger partial charge < -0.3 is 10.0 Å². The highest BCUT2D eigenvalue weighted by atomic mass is 16.4. The molecule has 1 aromatic carbocycles.